The van der Waals surface area contributed by atoms with E-state index in [0.717, 1.165) is 28.6 Å². The maximum absolute atomic E-state index is 6.05. The molecule has 0 spiro atoms. The lowest BCUT2D eigenvalue weighted by atomic mass is 10.1. The van der Waals surface area contributed by atoms with Crippen molar-refractivity contribution in [1.29, 1.82) is 0 Å². The Kier molecular flexibility index (Phi) is 2.78. The number of benzene rings is 1. The molecular weight excluding hydrogens is 210 g/mol. The molecule has 0 saturated heterocycles. The number of hydrogen-bond acceptors (Lipinski definition) is 2. The van der Waals surface area contributed by atoms with E-state index >= 15 is 0 Å². The highest BCUT2D eigenvalue weighted by Crippen LogP contribution is 2.24. The zero-order valence-corrected chi connectivity index (χ0v) is 9.51. The Labute approximate surface area is 93.8 Å². The van der Waals surface area contributed by atoms with Crippen molar-refractivity contribution in [3.05, 3.63) is 35.0 Å². The van der Waals surface area contributed by atoms with E-state index in [1.165, 1.54) is 0 Å². The average Bonchev–Trinajstić information content (AvgIpc) is 2.27. The van der Waals surface area contributed by atoms with Crippen molar-refractivity contribution in [1.82, 2.24) is 4.98 Å². The van der Waals surface area contributed by atoms with Gasteiger partial charge in [0.15, 0.2) is 0 Å². The van der Waals surface area contributed by atoms with Crippen molar-refractivity contribution < 1.29 is 4.74 Å². The minimum absolute atomic E-state index is 0.582. The van der Waals surface area contributed by atoms with Crippen LogP contribution in [0.5, 0.6) is 5.75 Å². The summed E-state index contributed by atoms with van der Waals surface area (Å²) in [4.78, 5) is 4.34. The number of halogens is 1. The Bertz CT molecular complexity index is 496. The standard InChI is InChI=1S/C12H12ClNO/c1-3-8-6-9-4-5-10(15-2)7-11(9)14-12(8)13/h4-7H,3H2,1-2H3. The summed E-state index contributed by atoms with van der Waals surface area (Å²) in [5.74, 6) is 0.801. The second kappa shape index (κ2) is 4.07. The molecule has 1 aromatic heterocycles. The molecule has 1 heterocycles. The van der Waals surface area contributed by atoms with Gasteiger partial charge in [-0.05, 0) is 30.2 Å². The molecule has 0 bridgehead atoms. The first kappa shape index (κ1) is 10.2. The lowest BCUT2D eigenvalue weighted by Crippen LogP contribution is -1.89. The number of hydrogen-bond donors (Lipinski definition) is 0. The molecule has 0 saturated carbocycles. The van der Waals surface area contributed by atoms with Gasteiger partial charge in [-0.2, -0.15) is 0 Å². The highest BCUT2D eigenvalue weighted by Gasteiger charge is 2.04. The zero-order chi connectivity index (χ0) is 10.8. The molecule has 2 aromatic rings. The van der Waals surface area contributed by atoms with Crippen molar-refractivity contribution in [2.45, 2.75) is 13.3 Å². The van der Waals surface area contributed by atoms with E-state index in [1.807, 2.05) is 18.2 Å². The van der Waals surface area contributed by atoms with Crippen LogP contribution in [0.4, 0.5) is 0 Å². The first-order chi connectivity index (χ1) is 7.24. The van der Waals surface area contributed by atoms with E-state index in [9.17, 15) is 0 Å². The van der Waals surface area contributed by atoms with Crippen molar-refractivity contribution in [2.75, 3.05) is 7.11 Å². The zero-order valence-electron chi connectivity index (χ0n) is 8.75. The number of aryl methyl sites for hydroxylation is 1. The van der Waals surface area contributed by atoms with E-state index in [2.05, 4.69) is 18.0 Å². The number of methoxy groups -OCH3 is 1. The van der Waals surface area contributed by atoms with Crippen LogP contribution in [0.1, 0.15) is 12.5 Å². The number of fused-ring (bicyclic) bond motifs is 1. The van der Waals surface area contributed by atoms with Crippen LogP contribution in [0.25, 0.3) is 10.9 Å². The lowest BCUT2D eigenvalue weighted by molar-refractivity contribution is 0.415. The van der Waals surface area contributed by atoms with Crippen molar-refractivity contribution in [3.8, 4) is 5.75 Å². The van der Waals surface area contributed by atoms with E-state index < -0.39 is 0 Å². The highest BCUT2D eigenvalue weighted by atomic mass is 35.5. The van der Waals surface area contributed by atoms with Gasteiger partial charge in [0.2, 0.25) is 0 Å². The van der Waals surface area contributed by atoms with Crippen LogP contribution in [0, 0.1) is 0 Å². The first-order valence-electron chi connectivity index (χ1n) is 4.87. The fraction of sp³-hybridized carbons (Fsp3) is 0.250. The van der Waals surface area contributed by atoms with Gasteiger partial charge in [0.25, 0.3) is 0 Å². The van der Waals surface area contributed by atoms with Gasteiger partial charge in [-0.15, -0.1) is 0 Å². The maximum atomic E-state index is 6.05. The summed E-state index contributed by atoms with van der Waals surface area (Å²) >= 11 is 6.05. The molecule has 78 valence electrons. The number of nitrogens with zero attached hydrogens (tertiary/aromatic N) is 1. The largest absolute Gasteiger partial charge is 0.497 e. The summed E-state index contributed by atoms with van der Waals surface area (Å²) in [5, 5.41) is 1.68. The predicted octanol–water partition coefficient (Wildman–Crippen LogP) is 3.46. The minimum atomic E-state index is 0.582. The molecule has 0 aliphatic rings. The Morgan fingerprint density at radius 2 is 2.13 bits per heavy atom. The van der Waals surface area contributed by atoms with Crippen LogP contribution in [0.15, 0.2) is 24.3 Å². The first-order valence-corrected chi connectivity index (χ1v) is 5.25. The summed E-state index contributed by atoms with van der Waals surface area (Å²) < 4.78 is 5.14. The van der Waals surface area contributed by atoms with Crippen LogP contribution >= 0.6 is 11.6 Å². The topological polar surface area (TPSA) is 22.1 Å². The van der Waals surface area contributed by atoms with E-state index in [1.54, 1.807) is 7.11 Å². The van der Waals surface area contributed by atoms with Crippen LogP contribution in [0.2, 0.25) is 5.15 Å². The molecule has 1 aromatic carbocycles. The molecule has 0 unspecified atom stereocenters. The van der Waals surface area contributed by atoms with E-state index in [4.69, 9.17) is 16.3 Å². The molecule has 0 aliphatic carbocycles. The summed E-state index contributed by atoms with van der Waals surface area (Å²) in [7, 11) is 1.64. The summed E-state index contributed by atoms with van der Waals surface area (Å²) in [6, 6.07) is 7.89. The van der Waals surface area contributed by atoms with Gasteiger partial charge in [0.05, 0.1) is 12.6 Å². The summed E-state index contributed by atoms with van der Waals surface area (Å²) in [6.07, 6.45) is 0.897. The molecule has 0 aliphatic heterocycles. The molecule has 0 fully saturated rings. The lowest BCUT2D eigenvalue weighted by Gasteiger charge is -2.05. The third kappa shape index (κ3) is 1.90. The monoisotopic (exact) mass is 221 g/mol. The van der Waals surface area contributed by atoms with Crippen LogP contribution in [-0.2, 0) is 6.42 Å². The molecule has 0 N–H and O–H groups in total. The molecule has 3 heteroatoms. The number of aromatic nitrogens is 1. The molecule has 15 heavy (non-hydrogen) atoms. The van der Waals surface area contributed by atoms with Crippen molar-refractivity contribution in [2.24, 2.45) is 0 Å². The van der Waals surface area contributed by atoms with Crippen LogP contribution < -0.4 is 4.74 Å². The van der Waals surface area contributed by atoms with Gasteiger partial charge in [-0.1, -0.05) is 18.5 Å². The van der Waals surface area contributed by atoms with E-state index in [-0.39, 0.29) is 0 Å². The average molecular weight is 222 g/mol. The smallest absolute Gasteiger partial charge is 0.132 e. The molecule has 0 atom stereocenters. The second-order valence-electron chi connectivity index (χ2n) is 3.35. The highest BCUT2D eigenvalue weighted by molar-refractivity contribution is 6.30. The third-order valence-electron chi connectivity index (χ3n) is 2.43. The maximum Gasteiger partial charge on any atom is 0.132 e. The van der Waals surface area contributed by atoms with Gasteiger partial charge in [-0.3, -0.25) is 0 Å². The van der Waals surface area contributed by atoms with Crippen molar-refractivity contribution >= 4 is 22.5 Å². The van der Waals surface area contributed by atoms with Crippen molar-refractivity contribution in [3.63, 3.8) is 0 Å². The van der Waals surface area contributed by atoms with Gasteiger partial charge in [0, 0.05) is 11.5 Å². The third-order valence-corrected chi connectivity index (χ3v) is 2.76. The second-order valence-corrected chi connectivity index (χ2v) is 3.71. The Hall–Kier alpha value is -1.28. The van der Waals surface area contributed by atoms with E-state index in [0.29, 0.717) is 5.15 Å². The number of ether oxygens (including phenoxy) is 1. The Morgan fingerprint density at radius 3 is 2.80 bits per heavy atom. The summed E-state index contributed by atoms with van der Waals surface area (Å²) in [6.45, 7) is 2.07. The quantitative estimate of drug-likeness (QED) is 0.725. The molecule has 0 radical (unpaired) electrons. The number of rotatable bonds is 2. The minimum Gasteiger partial charge on any atom is -0.497 e. The fourth-order valence-electron chi connectivity index (χ4n) is 1.54. The fourth-order valence-corrected chi connectivity index (χ4v) is 1.82. The number of pyridine rings is 1. The Balaban J connectivity index is 2.65. The SMILES string of the molecule is CCc1cc2ccc(OC)cc2nc1Cl. The molecule has 2 nitrogen and oxygen atoms in total. The molecular formula is C12H12ClNO. The van der Waals surface area contributed by atoms with Gasteiger partial charge >= 0.3 is 0 Å². The normalized spacial score (nSPS) is 10.6. The Morgan fingerprint density at radius 1 is 1.33 bits per heavy atom. The van der Waals surface area contributed by atoms with Gasteiger partial charge in [-0.25, -0.2) is 4.98 Å². The predicted molar refractivity (Wildman–Crippen MR) is 62.7 cm³/mol. The van der Waals surface area contributed by atoms with Gasteiger partial charge < -0.3 is 4.74 Å². The summed E-state index contributed by atoms with van der Waals surface area (Å²) in [5.41, 5.74) is 1.95. The van der Waals surface area contributed by atoms with Crippen LogP contribution in [0.3, 0.4) is 0 Å². The van der Waals surface area contributed by atoms with Gasteiger partial charge in [0.1, 0.15) is 10.9 Å². The molecule has 0 amide bonds. The molecule has 2 rings (SSSR count). The van der Waals surface area contributed by atoms with Crippen LogP contribution in [-0.4, -0.2) is 12.1 Å².